The number of halogens is 1. The fourth-order valence-electron chi connectivity index (χ4n) is 3.13. The molecule has 4 rings (SSSR count). The van der Waals surface area contributed by atoms with Crippen LogP contribution in [0.25, 0.3) is 11.1 Å². The van der Waals surface area contributed by atoms with Gasteiger partial charge in [0, 0.05) is 44.9 Å². The Kier molecular flexibility index (Phi) is 4.42. The number of piperazine rings is 1. The zero-order valence-corrected chi connectivity index (χ0v) is 14.6. The van der Waals surface area contributed by atoms with E-state index in [1.54, 1.807) is 18.2 Å². The van der Waals surface area contributed by atoms with Gasteiger partial charge in [0.1, 0.15) is 11.3 Å². The smallest absolute Gasteiger partial charge is 0.298 e. The normalized spacial score (nSPS) is 15.7. The Hall–Kier alpha value is -2.74. The Balaban J connectivity index is 1.36. The van der Waals surface area contributed by atoms with Crippen LogP contribution in [0.4, 0.5) is 10.4 Å². The van der Waals surface area contributed by atoms with Crippen molar-refractivity contribution in [1.29, 1.82) is 0 Å². The summed E-state index contributed by atoms with van der Waals surface area (Å²) in [7, 11) is 0. The molecule has 2 aromatic heterocycles. The molecule has 0 unspecified atom stereocenters. The van der Waals surface area contributed by atoms with Crippen LogP contribution in [0, 0.1) is 12.7 Å². The summed E-state index contributed by atoms with van der Waals surface area (Å²) in [4.78, 5) is 20.5. The van der Waals surface area contributed by atoms with Crippen LogP contribution in [0.15, 0.2) is 39.5 Å². The summed E-state index contributed by atoms with van der Waals surface area (Å²) in [5.41, 5.74) is 1.89. The van der Waals surface area contributed by atoms with Crippen molar-refractivity contribution in [2.45, 2.75) is 13.5 Å². The van der Waals surface area contributed by atoms with E-state index >= 15 is 0 Å². The number of benzene rings is 1. The Morgan fingerprint density at radius 1 is 1.12 bits per heavy atom. The van der Waals surface area contributed by atoms with Crippen LogP contribution in [0.2, 0.25) is 0 Å². The molecule has 0 saturated carbocycles. The number of hydrogen-bond donors (Lipinski definition) is 0. The molecular weight excluding hydrogens is 337 g/mol. The van der Waals surface area contributed by atoms with E-state index in [-0.39, 0.29) is 11.4 Å². The third kappa shape index (κ3) is 3.45. The summed E-state index contributed by atoms with van der Waals surface area (Å²) in [6.07, 6.45) is 0. The molecule has 1 aromatic carbocycles. The van der Waals surface area contributed by atoms with Crippen molar-refractivity contribution < 1.29 is 8.81 Å². The SMILES string of the molecule is Cc1ccc(=O)n(CCN2CCN(c3nc4cc(F)ccc4o3)CC2)n1. The minimum absolute atomic E-state index is 0.0760. The Bertz CT molecular complexity index is 975. The van der Waals surface area contributed by atoms with Gasteiger partial charge >= 0.3 is 0 Å². The molecule has 0 bridgehead atoms. The predicted octanol–water partition coefficient (Wildman–Crippen LogP) is 1.65. The second-order valence-corrected chi connectivity index (χ2v) is 6.47. The van der Waals surface area contributed by atoms with E-state index in [2.05, 4.69) is 19.9 Å². The van der Waals surface area contributed by atoms with E-state index in [1.165, 1.54) is 16.8 Å². The highest BCUT2D eigenvalue weighted by molar-refractivity contribution is 5.74. The van der Waals surface area contributed by atoms with Crippen LogP contribution >= 0.6 is 0 Å². The average Bonchev–Trinajstić information content (AvgIpc) is 3.06. The second-order valence-electron chi connectivity index (χ2n) is 6.47. The fraction of sp³-hybridized carbons (Fsp3) is 0.389. The van der Waals surface area contributed by atoms with Gasteiger partial charge in [-0.15, -0.1) is 0 Å². The average molecular weight is 357 g/mol. The van der Waals surface area contributed by atoms with Crippen LogP contribution in [-0.2, 0) is 6.54 Å². The maximum Gasteiger partial charge on any atom is 0.298 e. The molecule has 1 fully saturated rings. The lowest BCUT2D eigenvalue weighted by Crippen LogP contribution is -2.47. The van der Waals surface area contributed by atoms with E-state index in [9.17, 15) is 9.18 Å². The lowest BCUT2D eigenvalue weighted by Gasteiger charge is -2.33. The maximum atomic E-state index is 13.3. The highest BCUT2D eigenvalue weighted by Gasteiger charge is 2.21. The quantitative estimate of drug-likeness (QED) is 0.707. The van der Waals surface area contributed by atoms with E-state index < -0.39 is 0 Å². The minimum atomic E-state index is -0.317. The van der Waals surface area contributed by atoms with Crippen LogP contribution < -0.4 is 10.5 Å². The van der Waals surface area contributed by atoms with Gasteiger partial charge in [0.15, 0.2) is 5.58 Å². The molecule has 0 atom stereocenters. The van der Waals surface area contributed by atoms with Crippen molar-refractivity contribution in [3.05, 3.63) is 52.2 Å². The lowest BCUT2D eigenvalue weighted by atomic mass is 10.3. The molecule has 136 valence electrons. The zero-order chi connectivity index (χ0) is 18.1. The van der Waals surface area contributed by atoms with Crippen molar-refractivity contribution in [3.8, 4) is 0 Å². The number of nitrogens with zero attached hydrogens (tertiary/aromatic N) is 5. The standard InChI is InChI=1S/C18H20FN5O2/c1-13-2-5-17(25)24(21-13)11-8-22-6-9-23(10-7-22)18-20-15-12-14(19)3-4-16(15)26-18/h2-5,12H,6-11H2,1H3. The topological polar surface area (TPSA) is 67.4 Å². The van der Waals surface area contributed by atoms with Gasteiger partial charge in [-0.2, -0.15) is 10.1 Å². The van der Waals surface area contributed by atoms with Gasteiger partial charge < -0.3 is 9.32 Å². The summed E-state index contributed by atoms with van der Waals surface area (Å²) >= 11 is 0. The third-order valence-electron chi connectivity index (χ3n) is 4.61. The van der Waals surface area contributed by atoms with Crippen molar-refractivity contribution in [1.82, 2.24) is 19.7 Å². The molecule has 0 amide bonds. The van der Waals surface area contributed by atoms with Gasteiger partial charge in [-0.25, -0.2) is 9.07 Å². The molecule has 1 aliphatic heterocycles. The number of rotatable bonds is 4. The molecule has 3 heterocycles. The third-order valence-corrected chi connectivity index (χ3v) is 4.61. The van der Waals surface area contributed by atoms with Gasteiger partial charge in [0.05, 0.1) is 12.2 Å². The van der Waals surface area contributed by atoms with Crippen LogP contribution in [-0.4, -0.2) is 52.4 Å². The summed E-state index contributed by atoms with van der Waals surface area (Å²) in [6, 6.07) is 8.16. The van der Waals surface area contributed by atoms with Crippen LogP contribution in [0.3, 0.4) is 0 Å². The van der Waals surface area contributed by atoms with Gasteiger partial charge in [-0.1, -0.05) is 0 Å². The predicted molar refractivity (Wildman–Crippen MR) is 95.9 cm³/mol. The first kappa shape index (κ1) is 16.7. The largest absolute Gasteiger partial charge is 0.423 e. The van der Waals surface area contributed by atoms with E-state index in [0.29, 0.717) is 23.7 Å². The number of aryl methyl sites for hydroxylation is 1. The van der Waals surface area contributed by atoms with Crippen molar-refractivity contribution in [2.24, 2.45) is 0 Å². The van der Waals surface area contributed by atoms with Crippen molar-refractivity contribution in [3.63, 3.8) is 0 Å². The molecular formula is C18H20FN5O2. The molecule has 26 heavy (non-hydrogen) atoms. The summed E-state index contributed by atoms with van der Waals surface area (Å²) in [5.74, 6) is -0.317. The Morgan fingerprint density at radius 3 is 2.73 bits per heavy atom. The van der Waals surface area contributed by atoms with Crippen LogP contribution in [0.1, 0.15) is 5.69 Å². The van der Waals surface area contributed by atoms with E-state index in [4.69, 9.17) is 4.42 Å². The first-order valence-electron chi connectivity index (χ1n) is 8.67. The van der Waals surface area contributed by atoms with Gasteiger partial charge in [-0.3, -0.25) is 9.69 Å². The molecule has 3 aromatic rings. The first-order valence-corrected chi connectivity index (χ1v) is 8.67. The molecule has 0 aliphatic carbocycles. The van der Waals surface area contributed by atoms with Gasteiger partial charge in [0.2, 0.25) is 0 Å². The van der Waals surface area contributed by atoms with E-state index in [1.807, 2.05) is 6.92 Å². The summed E-state index contributed by atoms with van der Waals surface area (Å²) in [5, 5.41) is 4.26. The monoisotopic (exact) mass is 357 g/mol. The number of fused-ring (bicyclic) bond motifs is 1. The molecule has 0 radical (unpaired) electrons. The molecule has 1 saturated heterocycles. The number of oxazole rings is 1. The highest BCUT2D eigenvalue weighted by atomic mass is 19.1. The highest BCUT2D eigenvalue weighted by Crippen LogP contribution is 2.23. The van der Waals surface area contributed by atoms with E-state index in [0.717, 1.165) is 38.4 Å². The maximum absolute atomic E-state index is 13.3. The Labute approximate surface area is 149 Å². The van der Waals surface area contributed by atoms with Crippen LogP contribution in [0.5, 0.6) is 0 Å². The zero-order valence-electron chi connectivity index (χ0n) is 14.6. The minimum Gasteiger partial charge on any atom is -0.423 e. The molecule has 0 N–H and O–H groups in total. The second kappa shape index (κ2) is 6.87. The number of hydrogen-bond acceptors (Lipinski definition) is 6. The molecule has 7 nitrogen and oxygen atoms in total. The van der Waals surface area contributed by atoms with Gasteiger partial charge in [-0.05, 0) is 25.1 Å². The summed E-state index contributed by atoms with van der Waals surface area (Å²) < 4.78 is 20.5. The molecule has 8 heteroatoms. The summed E-state index contributed by atoms with van der Waals surface area (Å²) in [6.45, 7) is 6.44. The molecule has 0 spiro atoms. The van der Waals surface area contributed by atoms with Crippen molar-refractivity contribution >= 4 is 17.1 Å². The fourth-order valence-corrected chi connectivity index (χ4v) is 3.13. The van der Waals surface area contributed by atoms with Crippen molar-refractivity contribution in [2.75, 3.05) is 37.6 Å². The molecule has 1 aliphatic rings. The number of anilines is 1. The number of aromatic nitrogens is 3. The first-order chi connectivity index (χ1) is 12.6. The Morgan fingerprint density at radius 2 is 1.92 bits per heavy atom. The van der Waals surface area contributed by atoms with Gasteiger partial charge in [0.25, 0.3) is 11.6 Å². The lowest BCUT2D eigenvalue weighted by molar-refractivity contribution is 0.239.